The molecule has 3 aromatic carbocycles. The number of rotatable bonds is 9. The highest BCUT2D eigenvalue weighted by Gasteiger charge is 2.45. The first-order chi connectivity index (χ1) is 17.4. The molecular formula is C29H29NO6. The van der Waals surface area contributed by atoms with Gasteiger partial charge in [-0.25, -0.2) is 0 Å². The fourth-order valence-electron chi connectivity index (χ4n) is 4.36. The van der Waals surface area contributed by atoms with Gasteiger partial charge in [-0.2, -0.15) is 0 Å². The van der Waals surface area contributed by atoms with Crippen LogP contribution in [0.25, 0.3) is 5.76 Å². The van der Waals surface area contributed by atoms with Crippen molar-refractivity contribution in [3.63, 3.8) is 0 Å². The molecule has 1 unspecified atom stereocenters. The summed E-state index contributed by atoms with van der Waals surface area (Å²) in [5.41, 5.74) is 3.10. The Bertz CT molecular complexity index is 1280. The number of ketones is 1. The van der Waals surface area contributed by atoms with E-state index in [0.717, 1.165) is 11.1 Å². The van der Waals surface area contributed by atoms with E-state index in [1.165, 1.54) is 17.0 Å². The van der Waals surface area contributed by atoms with Crippen LogP contribution in [0.1, 0.15) is 34.7 Å². The van der Waals surface area contributed by atoms with Crippen LogP contribution >= 0.6 is 0 Å². The number of hydrogen-bond acceptors (Lipinski definition) is 6. The van der Waals surface area contributed by atoms with E-state index in [1.807, 2.05) is 31.2 Å². The van der Waals surface area contributed by atoms with Gasteiger partial charge in [-0.3, -0.25) is 9.59 Å². The second-order valence-corrected chi connectivity index (χ2v) is 8.74. The van der Waals surface area contributed by atoms with Gasteiger partial charge in [0.25, 0.3) is 11.7 Å². The summed E-state index contributed by atoms with van der Waals surface area (Å²) in [6.07, 6.45) is 0.520. The van der Waals surface area contributed by atoms with E-state index in [2.05, 4.69) is 0 Å². The Morgan fingerprint density at radius 3 is 2.44 bits per heavy atom. The molecule has 0 saturated carbocycles. The van der Waals surface area contributed by atoms with Crippen LogP contribution in [-0.4, -0.2) is 47.1 Å². The van der Waals surface area contributed by atoms with Crippen molar-refractivity contribution in [2.24, 2.45) is 0 Å². The lowest BCUT2D eigenvalue weighted by molar-refractivity contribution is -0.140. The molecule has 1 atom stereocenters. The highest BCUT2D eigenvalue weighted by molar-refractivity contribution is 6.46. The van der Waals surface area contributed by atoms with Gasteiger partial charge in [-0.05, 0) is 60.9 Å². The molecule has 1 aliphatic rings. The maximum Gasteiger partial charge on any atom is 0.295 e. The second-order valence-electron chi connectivity index (χ2n) is 8.74. The molecular weight excluding hydrogens is 458 g/mol. The number of Topliss-reactive ketones (excluding diaryl/α,β-unsaturated/α-hetero) is 1. The molecule has 2 N–H and O–H groups in total. The van der Waals surface area contributed by atoms with Crippen LogP contribution in [0.15, 0.2) is 78.4 Å². The van der Waals surface area contributed by atoms with Crippen molar-refractivity contribution in [3.8, 4) is 11.5 Å². The Hall–Kier alpha value is -4.10. The summed E-state index contributed by atoms with van der Waals surface area (Å²) in [7, 11) is 1.56. The first kappa shape index (κ1) is 25.0. The number of aliphatic hydroxyl groups is 1. The van der Waals surface area contributed by atoms with Gasteiger partial charge >= 0.3 is 0 Å². The summed E-state index contributed by atoms with van der Waals surface area (Å²) in [6, 6.07) is 20.3. The first-order valence-electron chi connectivity index (χ1n) is 11.7. The van der Waals surface area contributed by atoms with Gasteiger partial charge in [-0.1, -0.05) is 42.0 Å². The normalized spacial score (nSPS) is 16.9. The molecule has 0 spiro atoms. The lowest BCUT2D eigenvalue weighted by Crippen LogP contribution is -2.31. The smallest absolute Gasteiger partial charge is 0.295 e. The molecule has 0 aromatic heterocycles. The van der Waals surface area contributed by atoms with Crippen LogP contribution in [0, 0.1) is 6.92 Å². The van der Waals surface area contributed by atoms with E-state index >= 15 is 0 Å². The molecule has 7 nitrogen and oxygen atoms in total. The number of phenols is 1. The number of phenolic OH excluding ortho intramolecular Hbond substituents is 1. The van der Waals surface area contributed by atoms with Gasteiger partial charge < -0.3 is 24.6 Å². The lowest BCUT2D eigenvalue weighted by atomic mass is 9.95. The predicted octanol–water partition coefficient (Wildman–Crippen LogP) is 4.74. The van der Waals surface area contributed by atoms with Gasteiger partial charge in [0, 0.05) is 25.8 Å². The molecule has 1 saturated heterocycles. The molecule has 0 aliphatic carbocycles. The van der Waals surface area contributed by atoms with E-state index in [1.54, 1.807) is 43.5 Å². The van der Waals surface area contributed by atoms with Crippen molar-refractivity contribution in [2.45, 2.75) is 26.0 Å². The maximum absolute atomic E-state index is 13.1. The molecule has 1 fully saturated rings. The monoisotopic (exact) mass is 487 g/mol. The zero-order valence-corrected chi connectivity index (χ0v) is 20.3. The standard InChI is InChI=1S/C29H29NO6/c1-19-6-3-7-20(16-19)18-36-24-12-10-21(11-13-24)27(32)25-26(22-8-4-9-23(31)17-22)30(14-5-15-35-2)29(34)28(25)33/h3-4,6-13,16-17,26,31-32H,5,14-15,18H2,1-2H3/b27-25-. The summed E-state index contributed by atoms with van der Waals surface area (Å²) < 4.78 is 11.0. The third kappa shape index (κ3) is 5.42. The number of likely N-dealkylation sites (tertiary alicyclic amines) is 1. The zero-order valence-electron chi connectivity index (χ0n) is 20.3. The molecule has 0 bridgehead atoms. The van der Waals surface area contributed by atoms with E-state index in [9.17, 15) is 19.8 Å². The van der Waals surface area contributed by atoms with Gasteiger partial charge in [-0.15, -0.1) is 0 Å². The Balaban J connectivity index is 1.63. The molecule has 36 heavy (non-hydrogen) atoms. The predicted molar refractivity (Wildman–Crippen MR) is 136 cm³/mol. The molecule has 186 valence electrons. The molecule has 7 heteroatoms. The van der Waals surface area contributed by atoms with Crippen molar-refractivity contribution in [3.05, 3.63) is 101 Å². The molecule has 1 aliphatic heterocycles. The topological polar surface area (TPSA) is 96.3 Å². The fourth-order valence-corrected chi connectivity index (χ4v) is 4.36. The Labute approximate surface area is 210 Å². The van der Waals surface area contributed by atoms with Crippen LogP contribution in [0.5, 0.6) is 11.5 Å². The number of nitrogens with zero attached hydrogens (tertiary/aromatic N) is 1. The minimum absolute atomic E-state index is 0.00471. The molecule has 1 amide bonds. The number of aromatic hydroxyl groups is 1. The summed E-state index contributed by atoms with van der Waals surface area (Å²) in [6.45, 7) is 3.10. The van der Waals surface area contributed by atoms with Crippen LogP contribution < -0.4 is 4.74 Å². The molecule has 0 radical (unpaired) electrons. The number of carbonyl (C=O) groups is 2. The van der Waals surface area contributed by atoms with Gasteiger partial charge in [0.2, 0.25) is 0 Å². The van der Waals surface area contributed by atoms with Crippen LogP contribution in [0.4, 0.5) is 0 Å². The summed E-state index contributed by atoms with van der Waals surface area (Å²) in [5, 5.41) is 21.2. The summed E-state index contributed by atoms with van der Waals surface area (Å²) in [5.74, 6) is -1.12. The third-order valence-corrected chi connectivity index (χ3v) is 6.09. The van der Waals surface area contributed by atoms with Crippen LogP contribution in [-0.2, 0) is 20.9 Å². The van der Waals surface area contributed by atoms with Crippen molar-refractivity contribution < 1.29 is 29.3 Å². The van der Waals surface area contributed by atoms with E-state index in [0.29, 0.717) is 36.5 Å². The quantitative estimate of drug-likeness (QED) is 0.196. The van der Waals surface area contributed by atoms with Gasteiger partial charge in [0.15, 0.2) is 0 Å². The van der Waals surface area contributed by atoms with Crippen LogP contribution in [0.3, 0.4) is 0 Å². The number of benzene rings is 3. The minimum Gasteiger partial charge on any atom is -0.508 e. The summed E-state index contributed by atoms with van der Waals surface area (Å²) >= 11 is 0. The zero-order chi connectivity index (χ0) is 25.7. The van der Waals surface area contributed by atoms with Crippen molar-refractivity contribution in [2.75, 3.05) is 20.3 Å². The molecule has 3 aromatic rings. The first-order valence-corrected chi connectivity index (χ1v) is 11.7. The number of amides is 1. The number of aliphatic hydroxyl groups excluding tert-OH is 1. The second kappa shape index (κ2) is 11.1. The van der Waals surface area contributed by atoms with Gasteiger partial charge in [0.1, 0.15) is 23.9 Å². The third-order valence-electron chi connectivity index (χ3n) is 6.09. The number of carbonyl (C=O) groups excluding carboxylic acids is 2. The van der Waals surface area contributed by atoms with E-state index < -0.39 is 17.7 Å². The van der Waals surface area contributed by atoms with E-state index in [-0.39, 0.29) is 23.6 Å². The van der Waals surface area contributed by atoms with Crippen molar-refractivity contribution in [1.29, 1.82) is 0 Å². The number of aryl methyl sites for hydroxylation is 1. The minimum atomic E-state index is -0.828. The average Bonchev–Trinajstić information content (AvgIpc) is 3.13. The highest BCUT2D eigenvalue weighted by atomic mass is 16.5. The SMILES string of the molecule is COCCCN1C(=O)C(=O)/C(=C(\O)c2ccc(OCc3cccc(C)c3)cc2)C1c1cccc(O)c1. The number of ether oxygens (including phenoxy) is 2. The van der Waals surface area contributed by atoms with Crippen molar-refractivity contribution >= 4 is 17.4 Å². The summed E-state index contributed by atoms with van der Waals surface area (Å²) in [4.78, 5) is 27.4. The maximum atomic E-state index is 13.1. The Morgan fingerprint density at radius 2 is 1.75 bits per heavy atom. The molecule has 4 rings (SSSR count). The van der Waals surface area contributed by atoms with Crippen molar-refractivity contribution in [1.82, 2.24) is 4.90 Å². The average molecular weight is 488 g/mol. The highest BCUT2D eigenvalue weighted by Crippen LogP contribution is 2.40. The lowest BCUT2D eigenvalue weighted by Gasteiger charge is -2.25. The Morgan fingerprint density at radius 1 is 1.00 bits per heavy atom. The van der Waals surface area contributed by atoms with Crippen LogP contribution in [0.2, 0.25) is 0 Å². The van der Waals surface area contributed by atoms with Gasteiger partial charge in [0.05, 0.1) is 11.6 Å². The fraction of sp³-hybridized carbons (Fsp3) is 0.241. The number of hydrogen-bond donors (Lipinski definition) is 2. The Kier molecular flexibility index (Phi) is 7.71. The van der Waals surface area contributed by atoms with E-state index in [4.69, 9.17) is 9.47 Å². The largest absolute Gasteiger partial charge is 0.508 e. The number of methoxy groups -OCH3 is 1. The molecule has 1 heterocycles.